The zero-order valence-electron chi connectivity index (χ0n) is 11.8. The van der Waals surface area contributed by atoms with Crippen molar-refractivity contribution in [3.8, 4) is 0 Å². The lowest BCUT2D eigenvalue weighted by Gasteiger charge is -2.42. The summed E-state index contributed by atoms with van der Waals surface area (Å²) in [4.78, 5) is 14.4. The van der Waals surface area contributed by atoms with E-state index < -0.39 is 5.60 Å². The Bertz CT molecular complexity index is 368. The SMILES string of the molecule is CC1=C(C(=O)OC(C)(C)C)CCC2OCCCN12. The standard InChI is InChI=1S/C14H23NO3/c1-10-11(13(16)18-14(2,3)4)6-7-12-15(10)8-5-9-17-12/h12H,5-9H2,1-4H3. The number of esters is 1. The quantitative estimate of drug-likeness (QED) is 0.673. The summed E-state index contributed by atoms with van der Waals surface area (Å²) in [5.41, 5.74) is 1.41. The van der Waals surface area contributed by atoms with E-state index >= 15 is 0 Å². The first-order valence-electron chi connectivity index (χ1n) is 6.70. The van der Waals surface area contributed by atoms with Gasteiger partial charge in [-0.05, 0) is 47.0 Å². The second-order valence-electron chi connectivity index (χ2n) is 5.98. The number of allylic oxidation sites excluding steroid dienone is 1. The molecule has 2 heterocycles. The molecule has 0 amide bonds. The topological polar surface area (TPSA) is 38.8 Å². The third-order valence-corrected chi connectivity index (χ3v) is 3.36. The minimum atomic E-state index is -0.431. The Morgan fingerprint density at radius 3 is 2.83 bits per heavy atom. The number of hydrogen-bond donors (Lipinski definition) is 0. The molecule has 1 atom stereocenters. The lowest BCUT2D eigenvalue weighted by atomic mass is 10.00. The molecular weight excluding hydrogens is 230 g/mol. The van der Waals surface area contributed by atoms with E-state index in [0.717, 1.165) is 43.7 Å². The summed E-state index contributed by atoms with van der Waals surface area (Å²) in [6.45, 7) is 9.50. The second kappa shape index (κ2) is 4.92. The highest BCUT2D eigenvalue weighted by Gasteiger charge is 2.33. The molecule has 0 aromatic heterocycles. The van der Waals surface area contributed by atoms with E-state index in [1.807, 2.05) is 27.7 Å². The molecule has 102 valence electrons. The highest BCUT2D eigenvalue weighted by Crippen LogP contribution is 2.31. The minimum absolute atomic E-state index is 0.157. The van der Waals surface area contributed by atoms with Gasteiger partial charge in [0.1, 0.15) is 11.8 Å². The number of nitrogens with zero attached hydrogens (tertiary/aromatic N) is 1. The van der Waals surface area contributed by atoms with Crippen molar-refractivity contribution >= 4 is 5.97 Å². The molecule has 2 aliphatic heterocycles. The van der Waals surface area contributed by atoms with Gasteiger partial charge in [-0.1, -0.05) is 0 Å². The number of carbonyl (C=O) groups excluding carboxylic acids is 1. The van der Waals surface area contributed by atoms with Crippen LogP contribution < -0.4 is 0 Å². The van der Waals surface area contributed by atoms with Crippen LogP contribution >= 0.6 is 0 Å². The first-order chi connectivity index (χ1) is 8.38. The monoisotopic (exact) mass is 253 g/mol. The van der Waals surface area contributed by atoms with Crippen LogP contribution in [0.4, 0.5) is 0 Å². The maximum Gasteiger partial charge on any atom is 0.336 e. The summed E-state index contributed by atoms with van der Waals surface area (Å²) in [5.74, 6) is -0.177. The number of carbonyl (C=O) groups is 1. The van der Waals surface area contributed by atoms with Gasteiger partial charge in [0.25, 0.3) is 0 Å². The maximum atomic E-state index is 12.2. The van der Waals surface area contributed by atoms with Crippen molar-refractivity contribution in [2.75, 3.05) is 13.2 Å². The molecule has 1 unspecified atom stereocenters. The minimum Gasteiger partial charge on any atom is -0.457 e. The fourth-order valence-corrected chi connectivity index (χ4v) is 2.52. The van der Waals surface area contributed by atoms with Crippen LogP contribution in [-0.2, 0) is 14.3 Å². The summed E-state index contributed by atoms with van der Waals surface area (Å²) >= 11 is 0. The maximum absolute atomic E-state index is 12.2. The van der Waals surface area contributed by atoms with E-state index in [-0.39, 0.29) is 12.2 Å². The van der Waals surface area contributed by atoms with Crippen LogP contribution in [0.15, 0.2) is 11.3 Å². The first kappa shape index (κ1) is 13.4. The molecule has 0 radical (unpaired) electrons. The Morgan fingerprint density at radius 1 is 1.44 bits per heavy atom. The van der Waals surface area contributed by atoms with Crippen LogP contribution in [0, 0.1) is 0 Å². The zero-order chi connectivity index (χ0) is 13.3. The van der Waals surface area contributed by atoms with Gasteiger partial charge in [0.2, 0.25) is 0 Å². The Morgan fingerprint density at radius 2 is 2.17 bits per heavy atom. The summed E-state index contributed by atoms with van der Waals surface area (Å²) in [6, 6.07) is 0. The third kappa shape index (κ3) is 2.86. The average molecular weight is 253 g/mol. The Labute approximate surface area is 109 Å². The van der Waals surface area contributed by atoms with Gasteiger partial charge >= 0.3 is 5.97 Å². The predicted molar refractivity (Wildman–Crippen MR) is 68.8 cm³/mol. The van der Waals surface area contributed by atoms with Gasteiger partial charge in [-0.3, -0.25) is 0 Å². The lowest BCUT2D eigenvalue weighted by molar-refractivity contribution is -0.151. The highest BCUT2D eigenvalue weighted by atomic mass is 16.6. The lowest BCUT2D eigenvalue weighted by Crippen LogP contribution is -2.45. The van der Waals surface area contributed by atoms with E-state index in [0.29, 0.717) is 0 Å². The molecule has 0 aromatic rings. The molecule has 0 aliphatic carbocycles. The van der Waals surface area contributed by atoms with Crippen LogP contribution in [0.1, 0.15) is 47.0 Å². The largest absolute Gasteiger partial charge is 0.457 e. The van der Waals surface area contributed by atoms with Crippen molar-refractivity contribution in [3.63, 3.8) is 0 Å². The summed E-state index contributed by atoms with van der Waals surface area (Å²) in [6.07, 6.45) is 2.81. The van der Waals surface area contributed by atoms with E-state index in [4.69, 9.17) is 9.47 Å². The Balaban J connectivity index is 2.14. The molecule has 1 fully saturated rings. The molecule has 0 saturated carbocycles. The Hall–Kier alpha value is -1.03. The number of ether oxygens (including phenoxy) is 2. The predicted octanol–water partition coefficient (Wildman–Crippen LogP) is 2.44. The summed E-state index contributed by atoms with van der Waals surface area (Å²) in [7, 11) is 0. The third-order valence-electron chi connectivity index (χ3n) is 3.36. The van der Waals surface area contributed by atoms with Crippen molar-refractivity contribution in [1.82, 2.24) is 4.90 Å². The molecule has 0 spiro atoms. The van der Waals surface area contributed by atoms with E-state index in [1.54, 1.807) is 0 Å². The molecule has 4 nitrogen and oxygen atoms in total. The van der Waals surface area contributed by atoms with Gasteiger partial charge < -0.3 is 14.4 Å². The Kier molecular flexibility index (Phi) is 3.66. The number of rotatable bonds is 1. The molecule has 1 saturated heterocycles. The molecule has 0 aromatic carbocycles. The van der Waals surface area contributed by atoms with E-state index in [9.17, 15) is 4.79 Å². The fraction of sp³-hybridized carbons (Fsp3) is 0.786. The second-order valence-corrected chi connectivity index (χ2v) is 5.98. The smallest absolute Gasteiger partial charge is 0.336 e. The van der Waals surface area contributed by atoms with Crippen LogP contribution in [-0.4, -0.2) is 35.8 Å². The highest BCUT2D eigenvalue weighted by molar-refractivity contribution is 5.89. The van der Waals surface area contributed by atoms with Crippen molar-refractivity contribution in [2.24, 2.45) is 0 Å². The molecule has 0 N–H and O–H groups in total. The van der Waals surface area contributed by atoms with Gasteiger partial charge in [-0.15, -0.1) is 0 Å². The van der Waals surface area contributed by atoms with Crippen LogP contribution in [0.2, 0.25) is 0 Å². The van der Waals surface area contributed by atoms with Gasteiger partial charge in [0, 0.05) is 12.2 Å². The van der Waals surface area contributed by atoms with Crippen molar-refractivity contribution in [1.29, 1.82) is 0 Å². The molecule has 2 rings (SSSR count). The first-order valence-corrected chi connectivity index (χ1v) is 6.70. The molecule has 0 bridgehead atoms. The molecule has 4 heteroatoms. The van der Waals surface area contributed by atoms with Gasteiger partial charge in [0.15, 0.2) is 0 Å². The average Bonchev–Trinajstić information content (AvgIpc) is 2.27. The van der Waals surface area contributed by atoms with Crippen LogP contribution in [0.25, 0.3) is 0 Å². The number of fused-ring (bicyclic) bond motifs is 1. The van der Waals surface area contributed by atoms with Crippen LogP contribution in [0.5, 0.6) is 0 Å². The fourth-order valence-electron chi connectivity index (χ4n) is 2.52. The van der Waals surface area contributed by atoms with Gasteiger partial charge in [-0.25, -0.2) is 4.79 Å². The molecule has 18 heavy (non-hydrogen) atoms. The van der Waals surface area contributed by atoms with Crippen LogP contribution in [0.3, 0.4) is 0 Å². The van der Waals surface area contributed by atoms with Gasteiger partial charge in [0.05, 0.1) is 12.2 Å². The number of hydrogen-bond acceptors (Lipinski definition) is 4. The molecular formula is C14H23NO3. The van der Waals surface area contributed by atoms with Crippen molar-refractivity contribution in [3.05, 3.63) is 11.3 Å². The normalized spacial score (nSPS) is 24.9. The van der Waals surface area contributed by atoms with Crippen molar-refractivity contribution in [2.45, 2.75) is 58.8 Å². The zero-order valence-corrected chi connectivity index (χ0v) is 11.8. The summed E-state index contributed by atoms with van der Waals surface area (Å²) in [5, 5.41) is 0. The van der Waals surface area contributed by atoms with Crippen molar-refractivity contribution < 1.29 is 14.3 Å². The van der Waals surface area contributed by atoms with Gasteiger partial charge in [-0.2, -0.15) is 0 Å². The van der Waals surface area contributed by atoms with E-state index in [2.05, 4.69) is 4.90 Å². The molecule has 2 aliphatic rings. The van der Waals surface area contributed by atoms with E-state index in [1.165, 1.54) is 0 Å². The summed E-state index contributed by atoms with van der Waals surface area (Å²) < 4.78 is 11.2.